The summed E-state index contributed by atoms with van der Waals surface area (Å²) in [7, 11) is 0. The van der Waals surface area contributed by atoms with Crippen LogP contribution in [0.2, 0.25) is 0 Å². The molecule has 2 aliphatic rings. The van der Waals surface area contributed by atoms with Crippen molar-refractivity contribution in [2.75, 3.05) is 43.0 Å². The highest BCUT2D eigenvalue weighted by atomic mass is 16.5. The summed E-state index contributed by atoms with van der Waals surface area (Å²) in [5.41, 5.74) is 2.55. The molecule has 2 aliphatic heterocycles. The maximum atomic E-state index is 6.02. The molecule has 0 radical (unpaired) electrons. The lowest BCUT2D eigenvalue weighted by molar-refractivity contribution is -0.0347. The summed E-state index contributed by atoms with van der Waals surface area (Å²) in [5, 5.41) is 3.51. The summed E-state index contributed by atoms with van der Waals surface area (Å²) in [6.07, 6.45) is 0.301. The molecule has 0 saturated carbocycles. The third kappa shape index (κ3) is 3.16. The van der Waals surface area contributed by atoms with Crippen LogP contribution in [0, 0.1) is 0 Å². The van der Waals surface area contributed by atoms with E-state index in [0.717, 1.165) is 32.8 Å². The van der Waals surface area contributed by atoms with E-state index in [4.69, 9.17) is 4.74 Å². The van der Waals surface area contributed by atoms with Crippen molar-refractivity contribution in [1.82, 2.24) is 4.90 Å². The first-order valence-electron chi connectivity index (χ1n) is 8.10. The number of nitrogens with zero attached hydrogens (tertiary/aromatic N) is 2. The molecule has 1 saturated heterocycles. The minimum absolute atomic E-state index is 0.301. The number of nitrogens with one attached hydrogen (secondary N) is 1. The smallest absolute Gasteiger partial charge is 0.0877 e. The summed E-state index contributed by atoms with van der Waals surface area (Å²) < 4.78 is 6.02. The molecule has 1 aromatic carbocycles. The second-order valence-electron chi connectivity index (χ2n) is 6.48. The topological polar surface area (TPSA) is 27.7 Å². The van der Waals surface area contributed by atoms with Gasteiger partial charge in [0, 0.05) is 38.3 Å². The second kappa shape index (κ2) is 6.24. The average Bonchev–Trinajstić information content (AvgIpc) is 2.50. The Bertz CT molecular complexity index is 477. The lowest BCUT2D eigenvalue weighted by Crippen LogP contribution is -2.53. The Morgan fingerprint density at radius 3 is 2.95 bits per heavy atom. The maximum absolute atomic E-state index is 6.02. The second-order valence-corrected chi connectivity index (χ2v) is 6.48. The van der Waals surface area contributed by atoms with Crippen LogP contribution in [0.15, 0.2) is 24.3 Å². The number of ether oxygens (including phenoxy) is 1. The van der Waals surface area contributed by atoms with Crippen molar-refractivity contribution >= 4 is 11.4 Å². The van der Waals surface area contributed by atoms with Gasteiger partial charge in [-0.15, -0.1) is 0 Å². The number of fused-ring (bicyclic) bond motifs is 1. The zero-order chi connectivity index (χ0) is 14.8. The van der Waals surface area contributed by atoms with Crippen LogP contribution in [0.3, 0.4) is 0 Å². The van der Waals surface area contributed by atoms with Crippen molar-refractivity contribution in [3.05, 3.63) is 24.3 Å². The highest BCUT2D eigenvalue weighted by Gasteiger charge is 2.28. The molecule has 0 spiro atoms. The number of hydrogen-bond donors (Lipinski definition) is 1. The number of para-hydroxylation sites is 2. The molecule has 21 heavy (non-hydrogen) atoms. The number of anilines is 2. The number of rotatable bonds is 3. The quantitative estimate of drug-likeness (QED) is 0.925. The number of benzene rings is 1. The fraction of sp³-hybridized carbons (Fsp3) is 0.647. The fourth-order valence-electron chi connectivity index (χ4n) is 3.30. The summed E-state index contributed by atoms with van der Waals surface area (Å²) in [6.45, 7) is 11.7. The van der Waals surface area contributed by atoms with Gasteiger partial charge in [0.2, 0.25) is 0 Å². The van der Waals surface area contributed by atoms with Crippen LogP contribution in [0.5, 0.6) is 0 Å². The molecule has 2 unspecified atom stereocenters. The number of hydrogen-bond acceptors (Lipinski definition) is 4. The number of morpholine rings is 1. The summed E-state index contributed by atoms with van der Waals surface area (Å²) in [6, 6.07) is 9.69. The Morgan fingerprint density at radius 2 is 2.14 bits per heavy atom. The predicted molar refractivity (Wildman–Crippen MR) is 88.2 cm³/mol. The zero-order valence-electron chi connectivity index (χ0n) is 13.4. The predicted octanol–water partition coefficient (Wildman–Crippen LogP) is 2.42. The van der Waals surface area contributed by atoms with Gasteiger partial charge < -0.3 is 15.0 Å². The van der Waals surface area contributed by atoms with Gasteiger partial charge in [-0.1, -0.05) is 12.1 Å². The fourth-order valence-corrected chi connectivity index (χ4v) is 3.30. The van der Waals surface area contributed by atoms with Crippen molar-refractivity contribution in [3.63, 3.8) is 0 Å². The van der Waals surface area contributed by atoms with E-state index in [-0.39, 0.29) is 0 Å². The Balaban J connectivity index is 1.72. The monoisotopic (exact) mass is 289 g/mol. The van der Waals surface area contributed by atoms with Crippen LogP contribution >= 0.6 is 0 Å². The summed E-state index contributed by atoms with van der Waals surface area (Å²) in [4.78, 5) is 5.02. The largest absolute Gasteiger partial charge is 0.381 e. The Kier molecular flexibility index (Phi) is 4.36. The standard InChI is InChI=1S/C17H27N3O/c1-13(2)19-8-9-21-15(11-19)12-20-14(3)10-18-16-6-4-5-7-17(16)20/h4-7,13-15,18H,8-12H2,1-3H3. The molecule has 0 aliphatic carbocycles. The first-order valence-corrected chi connectivity index (χ1v) is 8.10. The highest BCUT2D eigenvalue weighted by Crippen LogP contribution is 2.31. The molecular weight excluding hydrogens is 262 g/mol. The van der Waals surface area contributed by atoms with Crippen LogP contribution in [-0.2, 0) is 4.74 Å². The maximum Gasteiger partial charge on any atom is 0.0877 e. The van der Waals surface area contributed by atoms with Crippen molar-refractivity contribution in [3.8, 4) is 0 Å². The molecule has 3 rings (SSSR count). The van der Waals surface area contributed by atoms with Crippen LogP contribution in [0.25, 0.3) is 0 Å². The van der Waals surface area contributed by atoms with Gasteiger partial charge in [-0.2, -0.15) is 0 Å². The molecule has 2 atom stereocenters. The lowest BCUT2D eigenvalue weighted by atomic mass is 10.1. The first kappa shape index (κ1) is 14.7. The molecule has 4 heteroatoms. The molecule has 1 N–H and O–H groups in total. The molecule has 1 fully saturated rings. The van der Waals surface area contributed by atoms with Gasteiger partial charge in [0.1, 0.15) is 0 Å². The van der Waals surface area contributed by atoms with Gasteiger partial charge >= 0.3 is 0 Å². The van der Waals surface area contributed by atoms with Crippen molar-refractivity contribution in [2.24, 2.45) is 0 Å². The van der Waals surface area contributed by atoms with E-state index in [1.807, 2.05) is 0 Å². The van der Waals surface area contributed by atoms with Crippen molar-refractivity contribution in [2.45, 2.75) is 39.0 Å². The molecule has 0 aromatic heterocycles. The minimum Gasteiger partial charge on any atom is -0.381 e. The molecule has 1 aromatic rings. The Labute approximate surface area is 128 Å². The Hall–Kier alpha value is -1.26. The van der Waals surface area contributed by atoms with Crippen molar-refractivity contribution in [1.29, 1.82) is 0 Å². The molecule has 4 nitrogen and oxygen atoms in total. The Morgan fingerprint density at radius 1 is 1.33 bits per heavy atom. The highest BCUT2D eigenvalue weighted by molar-refractivity contribution is 5.72. The van der Waals surface area contributed by atoms with E-state index in [1.54, 1.807) is 0 Å². The molecular formula is C17H27N3O. The van der Waals surface area contributed by atoms with E-state index in [2.05, 4.69) is 60.2 Å². The van der Waals surface area contributed by atoms with E-state index in [9.17, 15) is 0 Å². The van der Waals surface area contributed by atoms with E-state index in [1.165, 1.54) is 11.4 Å². The van der Waals surface area contributed by atoms with Crippen LogP contribution in [0.4, 0.5) is 11.4 Å². The first-order chi connectivity index (χ1) is 10.1. The third-order valence-corrected chi connectivity index (χ3v) is 4.63. The summed E-state index contributed by atoms with van der Waals surface area (Å²) >= 11 is 0. The molecule has 0 amide bonds. The molecule has 2 heterocycles. The third-order valence-electron chi connectivity index (χ3n) is 4.63. The van der Waals surface area contributed by atoms with Crippen LogP contribution in [-0.4, -0.2) is 55.9 Å². The van der Waals surface area contributed by atoms with Crippen molar-refractivity contribution < 1.29 is 4.74 Å². The van der Waals surface area contributed by atoms with E-state index in [0.29, 0.717) is 18.2 Å². The summed E-state index contributed by atoms with van der Waals surface area (Å²) in [5.74, 6) is 0. The van der Waals surface area contributed by atoms with Gasteiger partial charge in [0.15, 0.2) is 0 Å². The molecule has 116 valence electrons. The van der Waals surface area contributed by atoms with Gasteiger partial charge in [0.25, 0.3) is 0 Å². The van der Waals surface area contributed by atoms with Crippen LogP contribution < -0.4 is 10.2 Å². The lowest BCUT2D eigenvalue weighted by Gasteiger charge is -2.42. The van der Waals surface area contributed by atoms with Gasteiger partial charge in [-0.05, 0) is 32.9 Å². The average molecular weight is 289 g/mol. The van der Waals surface area contributed by atoms with E-state index < -0.39 is 0 Å². The minimum atomic E-state index is 0.301. The molecule has 0 bridgehead atoms. The van der Waals surface area contributed by atoms with Gasteiger partial charge in [-0.25, -0.2) is 0 Å². The van der Waals surface area contributed by atoms with Gasteiger partial charge in [0.05, 0.1) is 24.1 Å². The van der Waals surface area contributed by atoms with Gasteiger partial charge in [-0.3, -0.25) is 4.90 Å². The van der Waals surface area contributed by atoms with E-state index >= 15 is 0 Å². The van der Waals surface area contributed by atoms with Crippen LogP contribution in [0.1, 0.15) is 20.8 Å². The SMILES string of the molecule is CC(C)N1CCOC(CN2c3ccccc3NCC2C)C1. The normalized spacial score (nSPS) is 26.6. The zero-order valence-corrected chi connectivity index (χ0v) is 13.4.